The first kappa shape index (κ1) is 19.2. The Morgan fingerprint density at radius 3 is 2.68 bits per heavy atom. The Bertz CT molecular complexity index is 1220. The number of hydrogen-bond acceptors (Lipinski definition) is 5. The van der Waals surface area contributed by atoms with Crippen molar-refractivity contribution in [3.05, 3.63) is 65.9 Å². The van der Waals surface area contributed by atoms with Gasteiger partial charge >= 0.3 is 5.97 Å². The van der Waals surface area contributed by atoms with E-state index < -0.39 is 18.0 Å². The van der Waals surface area contributed by atoms with Gasteiger partial charge in [-0.15, -0.1) is 0 Å². The molecule has 3 aromatic rings. The molecule has 1 atom stereocenters. The molecule has 2 heterocycles. The minimum Gasteiger partial charge on any atom is -0.449 e. The van der Waals surface area contributed by atoms with Gasteiger partial charge in [-0.1, -0.05) is 30.3 Å². The molecular weight excluding hydrogens is 394 g/mol. The van der Waals surface area contributed by atoms with Crippen LogP contribution in [0.1, 0.15) is 41.7 Å². The Labute approximate surface area is 179 Å². The van der Waals surface area contributed by atoms with Crippen molar-refractivity contribution < 1.29 is 19.1 Å². The highest BCUT2D eigenvalue weighted by atomic mass is 16.5. The zero-order chi connectivity index (χ0) is 21.5. The standard InChI is InChI=1S/C24H21N3O4/c1-14(23(29)27-13-22(28)26-19-8-4-5-9-21(19)27)31-24(30)17-12-20(15-10-11-15)25-18-7-3-2-6-16(17)18/h2-9,12,14-15H,10-11,13H2,1H3,(H,26,28). The number of rotatable bonds is 4. The number of amides is 2. The lowest BCUT2D eigenvalue weighted by molar-refractivity contribution is -0.128. The summed E-state index contributed by atoms with van der Waals surface area (Å²) in [6, 6.07) is 16.2. The zero-order valence-corrected chi connectivity index (χ0v) is 17.0. The van der Waals surface area contributed by atoms with Gasteiger partial charge in [-0.25, -0.2) is 4.79 Å². The van der Waals surface area contributed by atoms with E-state index in [1.807, 2.05) is 24.3 Å². The van der Waals surface area contributed by atoms with E-state index in [2.05, 4.69) is 10.3 Å². The first-order valence-corrected chi connectivity index (χ1v) is 10.3. The number of benzene rings is 2. The lowest BCUT2D eigenvalue weighted by Crippen LogP contribution is -2.47. The van der Waals surface area contributed by atoms with Crippen LogP contribution in [0.2, 0.25) is 0 Å². The molecule has 1 N–H and O–H groups in total. The molecule has 1 fully saturated rings. The number of esters is 1. The number of anilines is 2. The molecule has 1 aliphatic carbocycles. The van der Waals surface area contributed by atoms with E-state index in [4.69, 9.17) is 4.74 Å². The predicted molar refractivity (Wildman–Crippen MR) is 116 cm³/mol. The van der Waals surface area contributed by atoms with Crippen LogP contribution in [-0.2, 0) is 14.3 Å². The third kappa shape index (κ3) is 3.63. The molecule has 31 heavy (non-hydrogen) atoms. The van der Waals surface area contributed by atoms with E-state index in [1.165, 1.54) is 11.8 Å². The smallest absolute Gasteiger partial charge is 0.339 e. The Morgan fingerprint density at radius 1 is 1.13 bits per heavy atom. The topological polar surface area (TPSA) is 88.6 Å². The molecule has 7 nitrogen and oxygen atoms in total. The summed E-state index contributed by atoms with van der Waals surface area (Å²) in [5, 5.41) is 3.44. The van der Waals surface area contributed by atoms with Gasteiger partial charge in [-0.3, -0.25) is 19.5 Å². The summed E-state index contributed by atoms with van der Waals surface area (Å²) in [7, 11) is 0. The van der Waals surface area contributed by atoms with E-state index in [-0.39, 0.29) is 12.5 Å². The number of nitrogens with one attached hydrogen (secondary N) is 1. The van der Waals surface area contributed by atoms with Crippen LogP contribution in [0.25, 0.3) is 10.9 Å². The van der Waals surface area contributed by atoms with Gasteiger partial charge in [0, 0.05) is 17.0 Å². The van der Waals surface area contributed by atoms with Gasteiger partial charge < -0.3 is 10.1 Å². The van der Waals surface area contributed by atoms with Crippen molar-refractivity contribution in [2.75, 3.05) is 16.8 Å². The Kier molecular flexibility index (Phi) is 4.66. The van der Waals surface area contributed by atoms with E-state index in [0.717, 1.165) is 24.1 Å². The Hall–Kier alpha value is -3.74. The minimum atomic E-state index is -1.05. The van der Waals surface area contributed by atoms with Crippen molar-refractivity contribution in [1.29, 1.82) is 0 Å². The summed E-state index contributed by atoms with van der Waals surface area (Å²) >= 11 is 0. The number of hydrogen-bond donors (Lipinski definition) is 1. The van der Waals surface area contributed by atoms with Gasteiger partial charge in [-0.2, -0.15) is 0 Å². The maximum atomic E-state index is 13.1. The van der Waals surface area contributed by atoms with Crippen molar-refractivity contribution in [3.63, 3.8) is 0 Å². The monoisotopic (exact) mass is 415 g/mol. The van der Waals surface area contributed by atoms with E-state index in [0.29, 0.717) is 28.2 Å². The van der Waals surface area contributed by atoms with Gasteiger partial charge in [0.2, 0.25) is 5.91 Å². The summed E-state index contributed by atoms with van der Waals surface area (Å²) in [6.07, 6.45) is 1.07. The Morgan fingerprint density at radius 2 is 1.87 bits per heavy atom. The molecule has 0 spiro atoms. The van der Waals surface area contributed by atoms with Crippen molar-refractivity contribution in [2.24, 2.45) is 0 Å². The number of ether oxygens (including phenoxy) is 1. The van der Waals surface area contributed by atoms with Gasteiger partial charge in [0.1, 0.15) is 6.54 Å². The van der Waals surface area contributed by atoms with Crippen molar-refractivity contribution in [1.82, 2.24) is 4.98 Å². The van der Waals surface area contributed by atoms with Crippen LogP contribution < -0.4 is 10.2 Å². The lowest BCUT2D eigenvalue weighted by atomic mass is 10.1. The molecule has 2 aromatic carbocycles. The molecule has 7 heteroatoms. The number of nitrogens with zero attached hydrogens (tertiary/aromatic N) is 2. The number of carbonyl (C=O) groups excluding carboxylic acids is 3. The average molecular weight is 415 g/mol. The number of fused-ring (bicyclic) bond motifs is 2. The lowest BCUT2D eigenvalue weighted by Gasteiger charge is -2.30. The van der Waals surface area contributed by atoms with Crippen LogP contribution >= 0.6 is 0 Å². The van der Waals surface area contributed by atoms with E-state index in [9.17, 15) is 14.4 Å². The Balaban J connectivity index is 1.41. The van der Waals surface area contributed by atoms with Gasteiger partial charge in [0.05, 0.1) is 22.5 Å². The van der Waals surface area contributed by atoms with Crippen LogP contribution in [0, 0.1) is 0 Å². The number of para-hydroxylation sites is 3. The molecule has 5 rings (SSSR count). The second-order valence-corrected chi connectivity index (χ2v) is 7.92. The molecular formula is C24H21N3O4. The minimum absolute atomic E-state index is 0.123. The maximum absolute atomic E-state index is 13.1. The quantitative estimate of drug-likeness (QED) is 0.657. The maximum Gasteiger partial charge on any atom is 0.339 e. The first-order chi connectivity index (χ1) is 15.0. The van der Waals surface area contributed by atoms with Crippen molar-refractivity contribution in [2.45, 2.75) is 31.8 Å². The van der Waals surface area contributed by atoms with Crippen molar-refractivity contribution in [3.8, 4) is 0 Å². The predicted octanol–water partition coefficient (Wildman–Crippen LogP) is 3.64. The molecule has 2 amide bonds. The fraction of sp³-hybridized carbons (Fsp3) is 0.250. The summed E-state index contributed by atoms with van der Waals surface area (Å²) in [5.41, 5.74) is 3.16. The van der Waals surface area contributed by atoms with Crippen LogP contribution in [0.5, 0.6) is 0 Å². The van der Waals surface area contributed by atoms with Crippen LogP contribution in [0.15, 0.2) is 54.6 Å². The molecule has 2 aliphatic rings. The molecule has 0 saturated heterocycles. The fourth-order valence-electron chi connectivity index (χ4n) is 3.88. The second-order valence-electron chi connectivity index (χ2n) is 7.92. The van der Waals surface area contributed by atoms with E-state index >= 15 is 0 Å². The molecule has 1 aromatic heterocycles. The normalized spacial score (nSPS) is 16.4. The molecule has 0 radical (unpaired) electrons. The third-order valence-corrected chi connectivity index (χ3v) is 5.62. The largest absolute Gasteiger partial charge is 0.449 e. The second kappa shape index (κ2) is 7.50. The summed E-state index contributed by atoms with van der Waals surface area (Å²) in [4.78, 5) is 44.2. The van der Waals surface area contributed by atoms with Crippen LogP contribution in [0.4, 0.5) is 11.4 Å². The summed E-state index contributed by atoms with van der Waals surface area (Å²) < 4.78 is 5.58. The fourth-order valence-corrected chi connectivity index (χ4v) is 3.88. The molecule has 156 valence electrons. The SMILES string of the molecule is CC(OC(=O)c1cc(C2CC2)nc2ccccc12)C(=O)N1CC(=O)Nc2ccccc21. The van der Waals surface area contributed by atoms with Crippen LogP contribution in [-0.4, -0.2) is 35.4 Å². The highest BCUT2D eigenvalue weighted by Crippen LogP contribution is 2.40. The van der Waals surface area contributed by atoms with Gasteiger partial charge in [-0.05, 0) is 44.0 Å². The highest BCUT2D eigenvalue weighted by Gasteiger charge is 2.32. The zero-order valence-electron chi connectivity index (χ0n) is 17.0. The molecule has 0 bridgehead atoms. The summed E-state index contributed by atoms with van der Waals surface area (Å²) in [6.45, 7) is 1.41. The van der Waals surface area contributed by atoms with Gasteiger partial charge in [0.25, 0.3) is 5.91 Å². The molecule has 1 aliphatic heterocycles. The molecule has 1 saturated carbocycles. The van der Waals surface area contributed by atoms with Crippen LogP contribution in [0.3, 0.4) is 0 Å². The molecule has 1 unspecified atom stereocenters. The number of aromatic nitrogens is 1. The first-order valence-electron chi connectivity index (χ1n) is 10.3. The number of carbonyl (C=O) groups is 3. The number of pyridine rings is 1. The van der Waals surface area contributed by atoms with E-state index in [1.54, 1.807) is 30.3 Å². The van der Waals surface area contributed by atoms with Gasteiger partial charge in [0.15, 0.2) is 6.10 Å². The average Bonchev–Trinajstić information content (AvgIpc) is 3.62. The highest BCUT2D eigenvalue weighted by molar-refractivity contribution is 6.11. The summed E-state index contributed by atoms with van der Waals surface area (Å²) in [5.74, 6) is -0.939. The van der Waals surface area contributed by atoms with Crippen molar-refractivity contribution >= 4 is 40.1 Å². The third-order valence-electron chi connectivity index (χ3n) is 5.62.